The lowest BCUT2D eigenvalue weighted by atomic mass is 10.0. The van der Waals surface area contributed by atoms with Crippen molar-refractivity contribution in [3.63, 3.8) is 0 Å². The van der Waals surface area contributed by atoms with Gasteiger partial charge in [-0.15, -0.1) is 0 Å². The van der Waals surface area contributed by atoms with Crippen molar-refractivity contribution >= 4 is 11.8 Å². The van der Waals surface area contributed by atoms with Crippen LogP contribution in [0.4, 0.5) is 5.69 Å². The highest BCUT2D eigenvalue weighted by Gasteiger charge is 2.11. The van der Waals surface area contributed by atoms with Gasteiger partial charge in [0.05, 0.1) is 0 Å². The molecule has 1 aliphatic rings. The summed E-state index contributed by atoms with van der Waals surface area (Å²) in [6.07, 6.45) is 2.25. The van der Waals surface area contributed by atoms with Gasteiger partial charge >= 0.3 is 0 Å². The average molecular weight is 219 g/mol. The van der Waals surface area contributed by atoms with Crippen LogP contribution in [0.3, 0.4) is 0 Å². The van der Waals surface area contributed by atoms with Crippen molar-refractivity contribution in [2.75, 3.05) is 5.32 Å². The second kappa shape index (κ2) is 7.98. The van der Waals surface area contributed by atoms with Gasteiger partial charge < -0.3 is 5.32 Å². The van der Waals surface area contributed by atoms with Gasteiger partial charge in [-0.2, -0.15) is 0 Å². The third kappa shape index (κ3) is 3.73. The third-order valence-corrected chi connectivity index (χ3v) is 2.40. The molecule has 1 heterocycles. The predicted molar refractivity (Wildman–Crippen MR) is 75.9 cm³/mol. The van der Waals surface area contributed by atoms with E-state index in [0.717, 1.165) is 0 Å². The molecule has 0 bridgehead atoms. The fraction of sp³-hybridized carbons (Fsp3) is 0.467. The Hall–Kier alpha value is -1.24. The SMILES string of the molecule is CC.CC.CC1=Cc2ccccc2NC1C. The van der Waals surface area contributed by atoms with Gasteiger partial charge in [-0.05, 0) is 25.5 Å². The van der Waals surface area contributed by atoms with Crippen LogP contribution in [0.15, 0.2) is 29.8 Å². The van der Waals surface area contributed by atoms with Crippen molar-refractivity contribution in [3.8, 4) is 0 Å². The summed E-state index contributed by atoms with van der Waals surface area (Å²) < 4.78 is 0. The summed E-state index contributed by atoms with van der Waals surface area (Å²) in [7, 11) is 0. The summed E-state index contributed by atoms with van der Waals surface area (Å²) in [5, 5.41) is 3.44. The van der Waals surface area contributed by atoms with E-state index in [-0.39, 0.29) is 0 Å². The number of fused-ring (bicyclic) bond motifs is 1. The summed E-state index contributed by atoms with van der Waals surface area (Å²) in [6.45, 7) is 12.3. The minimum atomic E-state index is 0.472. The first-order chi connectivity index (χ1) is 7.77. The molecule has 1 aromatic carbocycles. The molecule has 0 aliphatic carbocycles. The maximum Gasteiger partial charge on any atom is 0.0446 e. The fourth-order valence-corrected chi connectivity index (χ4v) is 1.47. The number of hydrogen-bond donors (Lipinski definition) is 1. The Kier molecular flexibility index (Phi) is 7.36. The number of rotatable bonds is 0. The zero-order valence-electron chi connectivity index (χ0n) is 11.5. The Morgan fingerprint density at radius 2 is 1.56 bits per heavy atom. The van der Waals surface area contributed by atoms with E-state index in [9.17, 15) is 0 Å². The molecule has 0 fully saturated rings. The Balaban J connectivity index is 0.000000509. The molecular formula is C15H25N. The number of para-hydroxylation sites is 1. The van der Waals surface area contributed by atoms with E-state index in [0.29, 0.717) is 6.04 Å². The first-order valence-electron chi connectivity index (χ1n) is 6.31. The van der Waals surface area contributed by atoms with Crippen LogP contribution in [0.25, 0.3) is 6.08 Å². The van der Waals surface area contributed by atoms with Crippen molar-refractivity contribution in [1.29, 1.82) is 0 Å². The molecule has 0 saturated carbocycles. The van der Waals surface area contributed by atoms with Crippen molar-refractivity contribution < 1.29 is 0 Å². The van der Waals surface area contributed by atoms with E-state index in [2.05, 4.69) is 49.5 Å². The molecule has 1 aromatic rings. The Labute approximate surface area is 101 Å². The van der Waals surface area contributed by atoms with Crippen molar-refractivity contribution in [2.45, 2.75) is 47.6 Å². The number of benzene rings is 1. The van der Waals surface area contributed by atoms with Gasteiger partial charge in [0.25, 0.3) is 0 Å². The molecule has 2 rings (SSSR count). The summed E-state index contributed by atoms with van der Waals surface area (Å²) in [5.74, 6) is 0. The van der Waals surface area contributed by atoms with Gasteiger partial charge in [0, 0.05) is 11.7 Å². The highest BCUT2D eigenvalue weighted by atomic mass is 14.9. The molecule has 0 radical (unpaired) electrons. The van der Waals surface area contributed by atoms with E-state index >= 15 is 0 Å². The Bertz CT molecular complexity index is 326. The van der Waals surface area contributed by atoms with E-state index in [4.69, 9.17) is 0 Å². The van der Waals surface area contributed by atoms with Crippen LogP contribution in [0.2, 0.25) is 0 Å². The monoisotopic (exact) mass is 219 g/mol. The normalized spacial score (nSPS) is 16.4. The molecule has 1 heteroatoms. The average Bonchev–Trinajstić information content (AvgIpc) is 2.36. The lowest BCUT2D eigenvalue weighted by Crippen LogP contribution is -2.19. The Morgan fingerprint density at radius 1 is 1.00 bits per heavy atom. The third-order valence-electron chi connectivity index (χ3n) is 2.40. The van der Waals surface area contributed by atoms with Gasteiger partial charge in [0.1, 0.15) is 0 Å². The molecule has 16 heavy (non-hydrogen) atoms. The first kappa shape index (κ1) is 14.8. The first-order valence-corrected chi connectivity index (χ1v) is 6.31. The highest BCUT2D eigenvalue weighted by molar-refractivity contribution is 5.72. The van der Waals surface area contributed by atoms with Crippen LogP contribution >= 0.6 is 0 Å². The largest absolute Gasteiger partial charge is 0.378 e. The molecule has 1 atom stereocenters. The minimum absolute atomic E-state index is 0.472. The molecule has 1 aliphatic heterocycles. The predicted octanol–water partition coefficient (Wildman–Crippen LogP) is 4.96. The summed E-state index contributed by atoms with van der Waals surface area (Å²) >= 11 is 0. The molecule has 0 amide bonds. The van der Waals surface area contributed by atoms with Crippen LogP contribution in [0.5, 0.6) is 0 Å². The zero-order valence-corrected chi connectivity index (χ0v) is 11.5. The molecule has 1 unspecified atom stereocenters. The van der Waals surface area contributed by atoms with Crippen LogP contribution in [-0.2, 0) is 0 Å². The lowest BCUT2D eigenvalue weighted by Gasteiger charge is -2.22. The molecule has 0 aromatic heterocycles. The summed E-state index contributed by atoms with van der Waals surface area (Å²) in [6, 6.07) is 8.86. The van der Waals surface area contributed by atoms with Crippen molar-refractivity contribution in [3.05, 3.63) is 35.4 Å². The second-order valence-corrected chi connectivity index (χ2v) is 3.34. The second-order valence-electron chi connectivity index (χ2n) is 3.34. The fourth-order valence-electron chi connectivity index (χ4n) is 1.47. The van der Waals surface area contributed by atoms with Crippen LogP contribution in [-0.4, -0.2) is 6.04 Å². The molecular weight excluding hydrogens is 194 g/mol. The lowest BCUT2D eigenvalue weighted by molar-refractivity contribution is 0.921. The van der Waals surface area contributed by atoms with Gasteiger partial charge in [-0.3, -0.25) is 0 Å². The summed E-state index contributed by atoms with van der Waals surface area (Å²) in [4.78, 5) is 0. The minimum Gasteiger partial charge on any atom is -0.378 e. The van der Waals surface area contributed by atoms with Gasteiger partial charge in [-0.25, -0.2) is 0 Å². The number of hydrogen-bond acceptors (Lipinski definition) is 1. The Morgan fingerprint density at radius 3 is 2.19 bits per heavy atom. The van der Waals surface area contributed by atoms with Crippen LogP contribution < -0.4 is 5.32 Å². The van der Waals surface area contributed by atoms with Gasteiger partial charge in [0.15, 0.2) is 0 Å². The molecule has 1 N–H and O–H groups in total. The maximum absolute atomic E-state index is 3.44. The topological polar surface area (TPSA) is 12.0 Å². The van der Waals surface area contributed by atoms with E-state index < -0.39 is 0 Å². The van der Waals surface area contributed by atoms with Crippen LogP contribution in [0.1, 0.15) is 47.1 Å². The molecule has 0 spiro atoms. The number of anilines is 1. The van der Waals surface area contributed by atoms with Crippen molar-refractivity contribution in [1.82, 2.24) is 0 Å². The van der Waals surface area contributed by atoms with Gasteiger partial charge in [0.2, 0.25) is 0 Å². The number of nitrogens with one attached hydrogen (secondary N) is 1. The zero-order chi connectivity index (χ0) is 12.6. The standard InChI is InChI=1S/C11H13N.2C2H6/c1-8-7-10-5-3-4-6-11(10)12-9(8)2;2*1-2/h3-7,9,12H,1-2H3;2*1-2H3. The smallest absolute Gasteiger partial charge is 0.0446 e. The van der Waals surface area contributed by atoms with Crippen LogP contribution in [0, 0.1) is 0 Å². The molecule has 90 valence electrons. The van der Waals surface area contributed by atoms with Gasteiger partial charge in [-0.1, -0.05) is 57.5 Å². The quantitative estimate of drug-likeness (QED) is 0.650. The van der Waals surface area contributed by atoms with E-state index in [1.807, 2.05) is 27.7 Å². The van der Waals surface area contributed by atoms with E-state index in [1.54, 1.807) is 0 Å². The van der Waals surface area contributed by atoms with Crippen molar-refractivity contribution in [2.24, 2.45) is 0 Å². The van der Waals surface area contributed by atoms with E-state index in [1.165, 1.54) is 16.8 Å². The molecule has 0 saturated heterocycles. The maximum atomic E-state index is 3.44. The molecule has 1 nitrogen and oxygen atoms in total. The summed E-state index contributed by atoms with van der Waals surface area (Å²) in [5.41, 5.74) is 3.94. The highest BCUT2D eigenvalue weighted by Crippen LogP contribution is 2.25.